The average molecular weight is 293 g/mol. The summed E-state index contributed by atoms with van der Waals surface area (Å²) in [5, 5.41) is 20.8. The number of aliphatic carboxylic acids is 1. The molecule has 0 saturated carbocycles. The van der Waals surface area contributed by atoms with Gasteiger partial charge in [0.15, 0.2) is 0 Å². The summed E-state index contributed by atoms with van der Waals surface area (Å²) in [5.41, 5.74) is -1.06. The number of amides is 1. The maximum Gasteiger partial charge on any atom is 0.335 e. The second-order valence-corrected chi connectivity index (χ2v) is 5.12. The maximum atomic E-state index is 12.2. The fraction of sp³-hybridized carbons (Fsp3) is 0.400. The molecule has 1 amide bonds. The van der Waals surface area contributed by atoms with Crippen LogP contribution in [0.4, 0.5) is 0 Å². The van der Waals surface area contributed by atoms with Gasteiger partial charge in [-0.2, -0.15) is 0 Å². The first kappa shape index (κ1) is 16.7. The number of hydrogen-bond donors (Lipinski definition) is 3. The molecular formula is C15H19NO5. The van der Waals surface area contributed by atoms with Crippen LogP contribution in [-0.2, 0) is 4.79 Å². The van der Waals surface area contributed by atoms with Gasteiger partial charge in [0.1, 0.15) is 5.54 Å². The molecule has 0 aliphatic carbocycles. The van der Waals surface area contributed by atoms with Crippen molar-refractivity contribution in [3.63, 3.8) is 0 Å². The summed E-state index contributed by atoms with van der Waals surface area (Å²) >= 11 is 0. The van der Waals surface area contributed by atoms with E-state index in [0.717, 1.165) is 0 Å². The van der Waals surface area contributed by atoms with E-state index < -0.39 is 23.4 Å². The van der Waals surface area contributed by atoms with Crippen LogP contribution in [0.15, 0.2) is 24.3 Å². The topological polar surface area (TPSA) is 104 Å². The molecule has 1 aromatic rings. The number of aromatic carboxylic acids is 1. The highest BCUT2D eigenvalue weighted by atomic mass is 16.4. The molecule has 21 heavy (non-hydrogen) atoms. The van der Waals surface area contributed by atoms with Crippen molar-refractivity contribution < 1.29 is 24.6 Å². The highest BCUT2D eigenvalue weighted by Crippen LogP contribution is 2.22. The van der Waals surface area contributed by atoms with Gasteiger partial charge >= 0.3 is 11.9 Å². The van der Waals surface area contributed by atoms with E-state index in [1.54, 1.807) is 20.8 Å². The number of carboxylic acids is 2. The Morgan fingerprint density at radius 1 is 1.10 bits per heavy atom. The van der Waals surface area contributed by atoms with Crippen molar-refractivity contribution in [2.75, 3.05) is 0 Å². The Kier molecular flexibility index (Phi) is 5.07. The molecule has 0 fully saturated rings. The first-order chi connectivity index (χ1) is 9.74. The summed E-state index contributed by atoms with van der Waals surface area (Å²) < 4.78 is 0. The Morgan fingerprint density at radius 3 is 1.90 bits per heavy atom. The highest BCUT2D eigenvalue weighted by molar-refractivity contribution is 5.98. The van der Waals surface area contributed by atoms with Gasteiger partial charge in [-0.05, 0) is 36.6 Å². The summed E-state index contributed by atoms with van der Waals surface area (Å²) in [5.74, 6) is -3.00. The van der Waals surface area contributed by atoms with Crippen molar-refractivity contribution >= 4 is 17.8 Å². The lowest BCUT2D eigenvalue weighted by atomic mass is 9.83. The number of carbonyl (C=O) groups is 3. The third-order valence-corrected chi connectivity index (χ3v) is 3.66. The number of carboxylic acid groups (broad SMARTS) is 2. The Morgan fingerprint density at radius 2 is 1.57 bits per heavy atom. The molecule has 1 aromatic carbocycles. The van der Waals surface area contributed by atoms with Crippen LogP contribution < -0.4 is 5.32 Å². The van der Waals surface area contributed by atoms with Crippen LogP contribution >= 0.6 is 0 Å². The van der Waals surface area contributed by atoms with E-state index in [9.17, 15) is 19.5 Å². The van der Waals surface area contributed by atoms with E-state index >= 15 is 0 Å². The lowest BCUT2D eigenvalue weighted by Crippen LogP contribution is -2.57. The van der Waals surface area contributed by atoms with Gasteiger partial charge in [-0.15, -0.1) is 0 Å². The number of carbonyl (C=O) groups excluding carboxylic acids is 1. The monoisotopic (exact) mass is 293 g/mol. The molecule has 6 nitrogen and oxygen atoms in total. The lowest BCUT2D eigenvalue weighted by molar-refractivity contribution is -0.146. The molecule has 0 saturated heterocycles. The fourth-order valence-electron chi connectivity index (χ4n) is 2.13. The summed E-state index contributed by atoms with van der Waals surface area (Å²) in [7, 11) is 0. The third-order valence-electron chi connectivity index (χ3n) is 3.66. The molecular weight excluding hydrogens is 274 g/mol. The van der Waals surface area contributed by atoms with Crippen LogP contribution in [0.1, 0.15) is 47.9 Å². The summed E-state index contributed by atoms with van der Waals surface area (Å²) in [6.07, 6.45) is 0.249. The third kappa shape index (κ3) is 3.39. The van der Waals surface area contributed by atoms with Crippen molar-refractivity contribution in [3.8, 4) is 0 Å². The summed E-state index contributed by atoms with van der Waals surface area (Å²) in [4.78, 5) is 34.5. The van der Waals surface area contributed by atoms with Crippen molar-refractivity contribution in [3.05, 3.63) is 35.4 Å². The molecule has 0 bridgehead atoms. The van der Waals surface area contributed by atoms with E-state index in [4.69, 9.17) is 5.11 Å². The smallest absolute Gasteiger partial charge is 0.335 e. The number of nitrogens with one attached hydrogen (secondary N) is 1. The Balaban J connectivity index is 3.02. The molecule has 0 aliphatic rings. The quantitative estimate of drug-likeness (QED) is 0.744. The van der Waals surface area contributed by atoms with Gasteiger partial charge < -0.3 is 15.5 Å². The Labute approximate surface area is 122 Å². The predicted octanol–water partition coefficient (Wildman–Crippen LogP) is 2.00. The number of benzene rings is 1. The zero-order valence-corrected chi connectivity index (χ0v) is 12.2. The van der Waals surface area contributed by atoms with E-state index in [1.807, 2.05) is 0 Å². The maximum absolute atomic E-state index is 12.2. The molecule has 6 heteroatoms. The van der Waals surface area contributed by atoms with Gasteiger partial charge in [-0.3, -0.25) is 4.79 Å². The molecule has 0 radical (unpaired) electrons. The van der Waals surface area contributed by atoms with Crippen LogP contribution in [0.25, 0.3) is 0 Å². The molecule has 0 aliphatic heterocycles. The van der Waals surface area contributed by atoms with Crippen LogP contribution in [0.5, 0.6) is 0 Å². The summed E-state index contributed by atoms with van der Waals surface area (Å²) in [6.45, 7) is 5.15. The van der Waals surface area contributed by atoms with Crippen LogP contribution in [0, 0.1) is 5.92 Å². The van der Waals surface area contributed by atoms with Crippen molar-refractivity contribution in [2.24, 2.45) is 5.92 Å². The van der Waals surface area contributed by atoms with Crippen LogP contribution in [-0.4, -0.2) is 33.6 Å². The Bertz CT molecular complexity index is 550. The minimum atomic E-state index is -1.34. The van der Waals surface area contributed by atoms with E-state index in [-0.39, 0.29) is 23.5 Å². The van der Waals surface area contributed by atoms with Crippen molar-refractivity contribution in [1.29, 1.82) is 0 Å². The molecule has 0 aromatic heterocycles. The van der Waals surface area contributed by atoms with E-state index in [1.165, 1.54) is 24.3 Å². The molecule has 0 spiro atoms. The molecule has 0 heterocycles. The van der Waals surface area contributed by atoms with Gasteiger partial charge in [0.25, 0.3) is 5.91 Å². The molecule has 1 atom stereocenters. The van der Waals surface area contributed by atoms with Crippen molar-refractivity contribution in [1.82, 2.24) is 5.32 Å². The lowest BCUT2D eigenvalue weighted by Gasteiger charge is -2.33. The van der Waals surface area contributed by atoms with Crippen LogP contribution in [0.3, 0.4) is 0 Å². The number of rotatable bonds is 6. The largest absolute Gasteiger partial charge is 0.479 e. The van der Waals surface area contributed by atoms with Crippen molar-refractivity contribution in [2.45, 2.75) is 32.7 Å². The standard InChI is InChI=1S/C15H19NO5/c1-4-15(9(2)3,14(20)21)16-12(17)10-5-7-11(8-6-10)13(18)19/h5-9H,4H2,1-3H3,(H,16,17)(H,18,19)(H,20,21)/t15-/m1/s1. The van der Waals surface area contributed by atoms with E-state index in [2.05, 4.69) is 5.32 Å². The first-order valence-corrected chi connectivity index (χ1v) is 6.63. The SMILES string of the molecule is CC[C@](NC(=O)c1ccc(C(=O)O)cc1)(C(=O)O)C(C)C. The summed E-state index contributed by atoms with van der Waals surface area (Å²) in [6, 6.07) is 5.34. The Hall–Kier alpha value is -2.37. The molecule has 3 N–H and O–H groups in total. The molecule has 1 rings (SSSR count). The zero-order valence-electron chi connectivity index (χ0n) is 12.2. The highest BCUT2D eigenvalue weighted by Gasteiger charge is 2.41. The fourth-order valence-corrected chi connectivity index (χ4v) is 2.13. The van der Waals surface area contributed by atoms with E-state index in [0.29, 0.717) is 0 Å². The second kappa shape index (κ2) is 6.39. The normalized spacial score (nSPS) is 13.5. The average Bonchev–Trinajstić information content (AvgIpc) is 2.43. The first-order valence-electron chi connectivity index (χ1n) is 6.63. The van der Waals surface area contributed by atoms with Gasteiger partial charge in [0, 0.05) is 5.56 Å². The van der Waals surface area contributed by atoms with Gasteiger partial charge in [0.2, 0.25) is 0 Å². The number of hydrogen-bond acceptors (Lipinski definition) is 3. The van der Waals surface area contributed by atoms with Gasteiger partial charge in [-0.25, -0.2) is 9.59 Å². The minimum Gasteiger partial charge on any atom is -0.479 e. The van der Waals surface area contributed by atoms with Gasteiger partial charge in [0.05, 0.1) is 5.56 Å². The molecule has 0 unspecified atom stereocenters. The van der Waals surface area contributed by atoms with Crippen LogP contribution in [0.2, 0.25) is 0 Å². The minimum absolute atomic E-state index is 0.0652. The predicted molar refractivity (Wildman–Crippen MR) is 76.4 cm³/mol. The molecule has 114 valence electrons. The second-order valence-electron chi connectivity index (χ2n) is 5.12. The zero-order chi connectivity index (χ0) is 16.2. The van der Waals surface area contributed by atoms with Gasteiger partial charge in [-0.1, -0.05) is 20.8 Å².